The lowest BCUT2D eigenvalue weighted by Gasteiger charge is -2.14. The zero-order valence-electron chi connectivity index (χ0n) is 8.23. The molecule has 0 spiro atoms. The maximum Gasteiger partial charge on any atom is 0.157 e. The fourth-order valence-corrected chi connectivity index (χ4v) is 1.19. The molecule has 0 saturated heterocycles. The molecule has 0 bridgehead atoms. The standard InChI is InChI=1S/C10H14O4/c1-13-6-10(14-2)7-3-4-8(11)9(12)5-7/h3-5,10-12H,6H2,1-2H3. The van der Waals surface area contributed by atoms with Crippen LogP contribution in [0.4, 0.5) is 0 Å². The van der Waals surface area contributed by atoms with Crippen molar-refractivity contribution in [2.45, 2.75) is 6.10 Å². The van der Waals surface area contributed by atoms with Crippen LogP contribution in [0.1, 0.15) is 11.7 Å². The Morgan fingerprint density at radius 2 is 1.93 bits per heavy atom. The molecule has 78 valence electrons. The predicted octanol–water partition coefficient (Wildman–Crippen LogP) is 1.43. The molecular weight excluding hydrogens is 184 g/mol. The minimum absolute atomic E-state index is 0.138. The lowest BCUT2D eigenvalue weighted by molar-refractivity contribution is 0.0273. The number of hydrogen-bond acceptors (Lipinski definition) is 4. The van der Waals surface area contributed by atoms with Crippen LogP contribution in [0.2, 0.25) is 0 Å². The highest BCUT2D eigenvalue weighted by Gasteiger charge is 2.11. The number of phenols is 2. The van der Waals surface area contributed by atoms with Gasteiger partial charge in [0, 0.05) is 14.2 Å². The van der Waals surface area contributed by atoms with Crippen LogP contribution < -0.4 is 0 Å². The van der Waals surface area contributed by atoms with Gasteiger partial charge in [-0.1, -0.05) is 6.07 Å². The van der Waals surface area contributed by atoms with E-state index in [1.165, 1.54) is 12.1 Å². The number of hydrogen-bond donors (Lipinski definition) is 2. The summed E-state index contributed by atoms with van der Waals surface area (Å²) < 4.78 is 10.1. The molecule has 0 aliphatic heterocycles. The van der Waals surface area contributed by atoms with Gasteiger partial charge in [-0.05, 0) is 17.7 Å². The van der Waals surface area contributed by atoms with Crippen molar-refractivity contribution in [1.29, 1.82) is 0 Å². The maximum absolute atomic E-state index is 9.27. The van der Waals surface area contributed by atoms with E-state index >= 15 is 0 Å². The summed E-state index contributed by atoms with van der Waals surface area (Å²) in [4.78, 5) is 0. The van der Waals surface area contributed by atoms with E-state index < -0.39 is 0 Å². The number of rotatable bonds is 4. The van der Waals surface area contributed by atoms with Gasteiger partial charge in [-0.2, -0.15) is 0 Å². The van der Waals surface area contributed by atoms with E-state index in [2.05, 4.69) is 0 Å². The SMILES string of the molecule is COCC(OC)c1ccc(O)c(O)c1. The summed E-state index contributed by atoms with van der Waals surface area (Å²) in [5.74, 6) is -0.290. The average Bonchev–Trinajstić information content (AvgIpc) is 2.19. The van der Waals surface area contributed by atoms with Crippen LogP contribution in [0.5, 0.6) is 11.5 Å². The molecule has 0 aliphatic rings. The summed E-state index contributed by atoms with van der Waals surface area (Å²) in [6.45, 7) is 0.403. The summed E-state index contributed by atoms with van der Waals surface area (Å²) in [6.07, 6.45) is -0.230. The van der Waals surface area contributed by atoms with Crippen molar-refractivity contribution < 1.29 is 19.7 Å². The molecule has 0 aromatic heterocycles. The maximum atomic E-state index is 9.27. The van der Waals surface area contributed by atoms with Crippen molar-refractivity contribution >= 4 is 0 Å². The van der Waals surface area contributed by atoms with Crippen molar-refractivity contribution in [3.05, 3.63) is 23.8 Å². The second-order valence-corrected chi connectivity index (χ2v) is 2.93. The Bertz CT molecular complexity index is 298. The van der Waals surface area contributed by atoms with Crippen molar-refractivity contribution in [2.75, 3.05) is 20.8 Å². The summed E-state index contributed by atoms with van der Waals surface area (Å²) in [7, 11) is 3.14. The first-order valence-corrected chi connectivity index (χ1v) is 4.22. The van der Waals surface area contributed by atoms with Gasteiger partial charge in [0.15, 0.2) is 11.5 Å². The van der Waals surface area contributed by atoms with Gasteiger partial charge < -0.3 is 19.7 Å². The Balaban J connectivity index is 2.88. The van der Waals surface area contributed by atoms with E-state index in [1.807, 2.05) is 0 Å². The van der Waals surface area contributed by atoms with Crippen LogP contribution in [0.3, 0.4) is 0 Å². The largest absolute Gasteiger partial charge is 0.504 e. The highest BCUT2D eigenvalue weighted by atomic mass is 16.5. The second-order valence-electron chi connectivity index (χ2n) is 2.93. The van der Waals surface area contributed by atoms with Gasteiger partial charge >= 0.3 is 0 Å². The smallest absolute Gasteiger partial charge is 0.157 e. The van der Waals surface area contributed by atoms with Crippen molar-refractivity contribution in [3.8, 4) is 11.5 Å². The Morgan fingerprint density at radius 3 is 2.43 bits per heavy atom. The molecule has 0 fully saturated rings. The minimum Gasteiger partial charge on any atom is -0.504 e. The van der Waals surface area contributed by atoms with Gasteiger partial charge in [-0.25, -0.2) is 0 Å². The van der Waals surface area contributed by atoms with Gasteiger partial charge in [-0.15, -0.1) is 0 Å². The highest BCUT2D eigenvalue weighted by molar-refractivity contribution is 5.41. The monoisotopic (exact) mass is 198 g/mol. The third kappa shape index (κ3) is 2.37. The Kier molecular flexibility index (Phi) is 3.73. The van der Waals surface area contributed by atoms with E-state index in [-0.39, 0.29) is 17.6 Å². The van der Waals surface area contributed by atoms with Crippen LogP contribution in [0, 0.1) is 0 Å². The Labute approximate surface area is 82.7 Å². The number of aromatic hydroxyl groups is 2. The molecule has 2 N–H and O–H groups in total. The molecule has 1 rings (SSSR count). The van der Waals surface area contributed by atoms with Gasteiger partial charge in [0.2, 0.25) is 0 Å². The third-order valence-corrected chi connectivity index (χ3v) is 1.97. The van der Waals surface area contributed by atoms with Gasteiger partial charge in [0.25, 0.3) is 0 Å². The zero-order valence-corrected chi connectivity index (χ0v) is 8.23. The Morgan fingerprint density at radius 1 is 1.21 bits per heavy atom. The quantitative estimate of drug-likeness (QED) is 0.718. The first-order chi connectivity index (χ1) is 6.69. The van der Waals surface area contributed by atoms with Crippen LogP contribution in [0.15, 0.2) is 18.2 Å². The number of ether oxygens (including phenoxy) is 2. The molecule has 0 amide bonds. The molecule has 14 heavy (non-hydrogen) atoms. The third-order valence-electron chi connectivity index (χ3n) is 1.97. The van der Waals surface area contributed by atoms with Crippen molar-refractivity contribution in [3.63, 3.8) is 0 Å². The van der Waals surface area contributed by atoms with E-state index in [4.69, 9.17) is 14.6 Å². The minimum atomic E-state index is -0.230. The number of phenolic OH excluding ortho intramolecular Hbond substituents is 2. The summed E-state index contributed by atoms with van der Waals surface area (Å²) in [5, 5.41) is 18.4. The molecule has 1 atom stereocenters. The molecule has 0 radical (unpaired) electrons. The fraction of sp³-hybridized carbons (Fsp3) is 0.400. The highest BCUT2D eigenvalue weighted by Crippen LogP contribution is 2.28. The molecule has 0 aliphatic carbocycles. The van der Waals surface area contributed by atoms with Gasteiger partial charge in [0.05, 0.1) is 6.61 Å². The number of methoxy groups -OCH3 is 2. The van der Waals surface area contributed by atoms with Gasteiger partial charge in [0.1, 0.15) is 6.10 Å². The normalized spacial score (nSPS) is 12.7. The second kappa shape index (κ2) is 4.83. The van der Waals surface area contributed by atoms with Crippen LogP contribution in [-0.4, -0.2) is 31.0 Å². The molecule has 0 heterocycles. The molecular formula is C10H14O4. The predicted molar refractivity (Wildman–Crippen MR) is 51.4 cm³/mol. The topological polar surface area (TPSA) is 58.9 Å². The molecule has 4 nitrogen and oxygen atoms in total. The average molecular weight is 198 g/mol. The van der Waals surface area contributed by atoms with E-state index in [9.17, 15) is 5.11 Å². The van der Waals surface area contributed by atoms with Crippen molar-refractivity contribution in [1.82, 2.24) is 0 Å². The first-order valence-electron chi connectivity index (χ1n) is 4.22. The molecule has 1 unspecified atom stereocenters. The van der Waals surface area contributed by atoms with E-state index in [1.54, 1.807) is 20.3 Å². The van der Waals surface area contributed by atoms with Crippen LogP contribution in [0.25, 0.3) is 0 Å². The van der Waals surface area contributed by atoms with Crippen molar-refractivity contribution in [2.24, 2.45) is 0 Å². The zero-order chi connectivity index (χ0) is 10.6. The lowest BCUT2D eigenvalue weighted by Crippen LogP contribution is -2.08. The summed E-state index contributed by atoms with van der Waals surface area (Å²) >= 11 is 0. The first kappa shape index (κ1) is 10.8. The van der Waals surface area contributed by atoms with E-state index in [0.717, 1.165) is 5.56 Å². The van der Waals surface area contributed by atoms with E-state index in [0.29, 0.717) is 6.61 Å². The summed E-state index contributed by atoms with van der Waals surface area (Å²) in [5.41, 5.74) is 0.768. The fourth-order valence-electron chi connectivity index (χ4n) is 1.19. The lowest BCUT2D eigenvalue weighted by atomic mass is 10.1. The van der Waals surface area contributed by atoms with Crippen LogP contribution >= 0.6 is 0 Å². The number of benzene rings is 1. The van der Waals surface area contributed by atoms with Gasteiger partial charge in [-0.3, -0.25) is 0 Å². The molecule has 1 aromatic carbocycles. The van der Waals surface area contributed by atoms with Crippen LogP contribution in [-0.2, 0) is 9.47 Å². The Hall–Kier alpha value is -1.26. The summed E-state index contributed by atoms with van der Waals surface area (Å²) in [6, 6.07) is 4.57. The molecule has 0 saturated carbocycles. The molecule has 4 heteroatoms. The molecule has 1 aromatic rings.